The summed E-state index contributed by atoms with van der Waals surface area (Å²) < 4.78 is 4.98. The van der Waals surface area contributed by atoms with E-state index >= 15 is 0 Å². The van der Waals surface area contributed by atoms with Crippen molar-refractivity contribution in [2.45, 2.75) is 6.92 Å². The number of nitro groups is 1. The summed E-state index contributed by atoms with van der Waals surface area (Å²) in [6.07, 6.45) is 0. The monoisotopic (exact) mass is 264 g/mol. The van der Waals surface area contributed by atoms with Crippen LogP contribution in [-0.4, -0.2) is 15.9 Å². The van der Waals surface area contributed by atoms with Crippen LogP contribution in [0, 0.1) is 10.1 Å². The number of benzene rings is 1. The van der Waals surface area contributed by atoms with E-state index < -0.39 is 10.9 Å². The van der Waals surface area contributed by atoms with E-state index in [-0.39, 0.29) is 11.4 Å². The van der Waals surface area contributed by atoms with Gasteiger partial charge in [0.15, 0.2) is 0 Å². The number of ether oxygens (including phenoxy) is 1. The lowest BCUT2D eigenvalue weighted by atomic mass is 10.1. The molecule has 6 nitrogen and oxygen atoms in total. The number of nitrogens with zero attached hydrogens (tertiary/aromatic N) is 2. The largest absolute Gasteiger partial charge is 0.426 e. The van der Waals surface area contributed by atoms with Crippen LogP contribution in [0.25, 0.3) is 11.3 Å². The molecule has 0 amide bonds. The van der Waals surface area contributed by atoms with Crippen LogP contribution in [-0.2, 0) is 4.79 Å². The third-order valence-corrected chi connectivity index (χ3v) is 2.72. The van der Waals surface area contributed by atoms with Crippen molar-refractivity contribution in [1.82, 2.24) is 4.98 Å². The fourth-order valence-electron chi connectivity index (χ4n) is 1.42. The zero-order chi connectivity index (χ0) is 13.1. The Morgan fingerprint density at radius 2 is 2.28 bits per heavy atom. The van der Waals surface area contributed by atoms with Gasteiger partial charge in [0, 0.05) is 23.9 Å². The van der Waals surface area contributed by atoms with Gasteiger partial charge in [-0.05, 0) is 6.07 Å². The van der Waals surface area contributed by atoms with Crippen molar-refractivity contribution in [3.8, 4) is 17.0 Å². The van der Waals surface area contributed by atoms with Gasteiger partial charge in [-0.3, -0.25) is 14.9 Å². The molecule has 7 heteroatoms. The Balaban J connectivity index is 2.52. The molecule has 2 rings (SSSR count). The zero-order valence-electron chi connectivity index (χ0n) is 9.32. The van der Waals surface area contributed by atoms with Crippen LogP contribution in [0.15, 0.2) is 29.1 Å². The third-order valence-electron chi connectivity index (χ3n) is 2.14. The Bertz CT molecular complexity index is 595. The molecule has 2 aromatic rings. The molecular weight excluding hydrogens is 256 g/mol. The van der Waals surface area contributed by atoms with Crippen molar-refractivity contribution in [3.63, 3.8) is 0 Å². The van der Waals surface area contributed by atoms with E-state index in [2.05, 4.69) is 4.98 Å². The molecule has 0 atom stereocenters. The molecule has 1 aromatic heterocycles. The summed E-state index contributed by atoms with van der Waals surface area (Å²) in [6.45, 7) is 1.24. The van der Waals surface area contributed by atoms with Crippen molar-refractivity contribution >= 4 is 23.0 Å². The molecule has 0 N–H and O–H groups in total. The highest BCUT2D eigenvalue weighted by atomic mass is 32.1. The third kappa shape index (κ3) is 2.51. The average Bonchev–Trinajstić information content (AvgIpc) is 2.81. The molecule has 0 aliphatic rings. The molecule has 0 aliphatic carbocycles. The molecule has 0 saturated heterocycles. The highest BCUT2D eigenvalue weighted by Gasteiger charge is 2.15. The van der Waals surface area contributed by atoms with Gasteiger partial charge in [0.05, 0.1) is 22.2 Å². The Morgan fingerprint density at radius 3 is 2.83 bits per heavy atom. The van der Waals surface area contributed by atoms with E-state index in [0.717, 1.165) is 0 Å². The molecule has 0 saturated carbocycles. The van der Waals surface area contributed by atoms with Gasteiger partial charge >= 0.3 is 5.97 Å². The zero-order valence-corrected chi connectivity index (χ0v) is 10.1. The molecule has 0 aliphatic heterocycles. The first-order valence-electron chi connectivity index (χ1n) is 4.93. The van der Waals surface area contributed by atoms with Gasteiger partial charge in [0.1, 0.15) is 5.75 Å². The number of nitro benzene ring substituents is 1. The first-order chi connectivity index (χ1) is 8.58. The smallest absolute Gasteiger partial charge is 0.308 e. The molecule has 1 heterocycles. The van der Waals surface area contributed by atoms with E-state index in [9.17, 15) is 14.9 Å². The Hall–Kier alpha value is -2.28. The molecule has 0 spiro atoms. The van der Waals surface area contributed by atoms with Crippen molar-refractivity contribution in [2.24, 2.45) is 0 Å². The van der Waals surface area contributed by atoms with E-state index in [1.807, 2.05) is 0 Å². The SMILES string of the molecule is CC(=O)Oc1cc([N+](=O)[O-])ccc1-c1cscn1. The minimum Gasteiger partial charge on any atom is -0.426 e. The number of thiazole rings is 1. The predicted octanol–water partition coefficient (Wildman–Crippen LogP) is 2.64. The van der Waals surface area contributed by atoms with Crippen molar-refractivity contribution in [2.75, 3.05) is 0 Å². The van der Waals surface area contributed by atoms with Gasteiger partial charge in [-0.15, -0.1) is 11.3 Å². The highest BCUT2D eigenvalue weighted by molar-refractivity contribution is 7.07. The van der Waals surface area contributed by atoms with Gasteiger partial charge in [0.25, 0.3) is 5.69 Å². The number of esters is 1. The Morgan fingerprint density at radius 1 is 1.50 bits per heavy atom. The van der Waals surface area contributed by atoms with Gasteiger partial charge in [-0.2, -0.15) is 0 Å². The summed E-state index contributed by atoms with van der Waals surface area (Å²) in [5.41, 5.74) is 2.67. The average molecular weight is 264 g/mol. The van der Waals surface area contributed by atoms with Gasteiger partial charge in [-0.25, -0.2) is 4.98 Å². The maximum atomic E-state index is 11.0. The van der Waals surface area contributed by atoms with Gasteiger partial charge < -0.3 is 4.74 Å². The quantitative estimate of drug-likeness (QED) is 0.368. The number of rotatable bonds is 3. The molecule has 1 aromatic carbocycles. The van der Waals surface area contributed by atoms with E-state index in [0.29, 0.717) is 11.3 Å². The predicted molar refractivity (Wildman–Crippen MR) is 65.5 cm³/mol. The molecule has 0 radical (unpaired) electrons. The van der Waals surface area contributed by atoms with Gasteiger partial charge in [-0.1, -0.05) is 0 Å². The second kappa shape index (κ2) is 4.92. The summed E-state index contributed by atoms with van der Waals surface area (Å²) in [5, 5.41) is 12.5. The Labute approximate surface area is 106 Å². The van der Waals surface area contributed by atoms with Crippen molar-refractivity contribution in [1.29, 1.82) is 0 Å². The van der Waals surface area contributed by atoms with Crippen molar-refractivity contribution in [3.05, 3.63) is 39.2 Å². The van der Waals surface area contributed by atoms with E-state index in [1.165, 1.54) is 36.5 Å². The van der Waals surface area contributed by atoms with Crippen LogP contribution in [0.5, 0.6) is 5.75 Å². The fourth-order valence-corrected chi connectivity index (χ4v) is 1.97. The number of hydrogen-bond acceptors (Lipinski definition) is 6. The number of aromatic nitrogens is 1. The lowest BCUT2D eigenvalue weighted by Crippen LogP contribution is -2.03. The molecule has 18 heavy (non-hydrogen) atoms. The summed E-state index contributed by atoms with van der Waals surface area (Å²) in [6, 6.07) is 4.09. The summed E-state index contributed by atoms with van der Waals surface area (Å²) in [5.74, 6) is -0.394. The van der Waals surface area contributed by atoms with E-state index in [1.54, 1.807) is 10.9 Å². The van der Waals surface area contributed by atoms with Crippen LogP contribution in [0.4, 0.5) is 5.69 Å². The second-order valence-corrected chi connectivity index (χ2v) is 4.12. The minimum atomic E-state index is -0.544. The topological polar surface area (TPSA) is 82.3 Å². The number of hydrogen-bond donors (Lipinski definition) is 0. The van der Waals surface area contributed by atoms with E-state index in [4.69, 9.17) is 4.74 Å². The summed E-state index contributed by atoms with van der Waals surface area (Å²) in [7, 11) is 0. The van der Waals surface area contributed by atoms with Crippen LogP contribution in [0.1, 0.15) is 6.92 Å². The number of non-ortho nitro benzene ring substituents is 1. The first kappa shape index (κ1) is 12.2. The lowest BCUT2D eigenvalue weighted by molar-refractivity contribution is -0.384. The second-order valence-electron chi connectivity index (χ2n) is 3.40. The number of carbonyl (C=O) groups excluding carboxylic acids is 1. The highest BCUT2D eigenvalue weighted by Crippen LogP contribution is 2.33. The first-order valence-corrected chi connectivity index (χ1v) is 5.87. The summed E-state index contributed by atoms with van der Waals surface area (Å²) in [4.78, 5) is 25.2. The molecule has 92 valence electrons. The molecular formula is C11H8N2O4S. The molecule has 0 unspecified atom stereocenters. The maximum absolute atomic E-state index is 11.0. The summed E-state index contributed by atoms with van der Waals surface area (Å²) >= 11 is 1.39. The van der Waals surface area contributed by atoms with Crippen LogP contribution in [0.2, 0.25) is 0 Å². The van der Waals surface area contributed by atoms with Crippen LogP contribution >= 0.6 is 11.3 Å². The lowest BCUT2D eigenvalue weighted by Gasteiger charge is -2.06. The van der Waals surface area contributed by atoms with Gasteiger partial charge in [0.2, 0.25) is 0 Å². The molecule has 0 fully saturated rings. The van der Waals surface area contributed by atoms with Crippen molar-refractivity contribution < 1.29 is 14.5 Å². The minimum absolute atomic E-state index is 0.134. The van der Waals surface area contributed by atoms with Crippen LogP contribution in [0.3, 0.4) is 0 Å². The fraction of sp³-hybridized carbons (Fsp3) is 0.0909. The normalized spacial score (nSPS) is 10.1. The number of carbonyl (C=O) groups is 1. The standard InChI is InChI=1S/C11H8N2O4S/c1-7(14)17-11-4-8(13(15)16)2-3-9(11)10-5-18-6-12-10/h2-6H,1H3. The van der Waals surface area contributed by atoms with Crippen LogP contribution < -0.4 is 4.74 Å². The molecule has 0 bridgehead atoms. The Kier molecular flexibility index (Phi) is 3.33. The maximum Gasteiger partial charge on any atom is 0.308 e.